The number of hydrogen-bond acceptors (Lipinski definition) is 6. The van der Waals surface area contributed by atoms with Crippen LogP contribution in [0.5, 0.6) is 0 Å². The molecule has 146 valence electrons. The van der Waals surface area contributed by atoms with E-state index in [-0.39, 0.29) is 30.1 Å². The summed E-state index contributed by atoms with van der Waals surface area (Å²) in [5, 5.41) is 7.61. The molecule has 3 N–H and O–H groups in total. The number of nitrogens with one attached hydrogen (secondary N) is 1. The molecular formula is C21H24FN5O. The van der Waals surface area contributed by atoms with Crippen LogP contribution in [-0.2, 0) is 4.94 Å². The number of rotatable bonds is 4. The van der Waals surface area contributed by atoms with Crippen LogP contribution in [0, 0.1) is 11.7 Å². The first-order chi connectivity index (χ1) is 13.6. The van der Waals surface area contributed by atoms with Gasteiger partial charge in [-0.2, -0.15) is 4.94 Å². The Kier molecular flexibility index (Phi) is 4.40. The molecule has 4 atom stereocenters. The van der Waals surface area contributed by atoms with Crippen LogP contribution in [0.2, 0.25) is 0 Å². The van der Waals surface area contributed by atoms with Gasteiger partial charge < -0.3 is 5.73 Å². The molecule has 1 aromatic carbocycles. The molecule has 3 aliphatic rings. The molecule has 1 aromatic heterocycles. The van der Waals surface area contributed by atoms with E-state index in [1.807, 2.05) is 53.7 Å². The summed E-state index contributed by atoms with van der Waals surface area (Å²) in [6, 6.07) is 10.7. The maximum atomic E-state index is 13.6. The second-order valence-corrected chi connectivity index (χ2v) is 7.80. The van der Waals surface area contributed by atoms with Crippen LogP contribution in [0.1, 0.15) is 30.9 Å². The van der Waals surface area contributed by atoms with Gasteiger partial charge in [-0.25, -0.2) is 9.45 Å². The highest BCUT2D eigenvalue weighted by atomic mass is 19.1. The third-order valence-corrected chi connectivity index (χ3v) is 5.71. The lowest BCUT2D eigenvalue weighted by Crippen LogP contribution is -2.66. The van der Waals surface area contributed by atoms with Gasteiger partial charge >= 0.3 is 0 Å². The summed E-state index contributed by atoms with van der Waals surface area (Å²) in [4.78, 5) is 10.5. The van der Waals surface area contributed by atoms with Crippen LogP contribution in [0.15, 0.2) is 48.8 Å². The molecule has 0 radical (unpaired) electrons. The topological polar surface area (TPSA) is 66.6 Å². The van der Waals surface area contributed by atoms with Crippen LogP contribution in [0.4, 0.5) is 4.39 Å². The number of piperidine rings is 1. The Morgan fingerprint density at radius 2 is 1.93 bits per heavy atom. The van der Waals surface area contributed by atoms with E-state index in [2.05, 4.69) is 10.3 Å². The number of nitrogens with zero attached hydrogens (tertiary/aromatic N) is 3. The van der Waals surface area contributed by atoms with Gasteiger partial charge in [0.2, 0.25) is 0 Å². The van der Waals surface area contributed by atoms with Gasteiger partial charge in [-0.3, -0.25) is 10.3 Å². The number of fused-ring (bicyclic) bond motifs is 1. The molecule has 0 amide bonds. The fraction of sp³-hybridized carbons (Fsp3) is 0.381. The van der Waals surface area contributed by atoms with E-state index < -0.39 is 0 Å². The Balaban J connectivity index is 1.64. The van der Waals surface area contributed by atoms with E-state index in [0.717, 1.165) is 29.7 Å². The zero-order valence-electron chi connectivity index (χ0n) is 15.8. The zero-order chi connectivity index (χ0) is 19.3. The largest absolute Gasteiger partial charge is 0.327 e. The highest BCUT2D eigenvalue weighted by Crippen LogP contribution is 2.50. The molecule has 2 saturated heterocycles. The van der Waals surface area contributed by atoms with Gasteiger partial charge in [0.15, 0.2) is 0 Å². The Labute approximate surface area is 163 Å². The van der Waals surface area contributed by atoms with Crippen molar-refractivity contribution in [3.8, 4) is 0 Å². The van der Waals surface area contributed by atoms with Crippen LogP contribution < -0.4 is 11.1 Å². The number of pyridine rings is 1. The van der Waals surface area contributed by atoms with Crippen LogP contribution in [-0.4, -0.2) is 40.0 Å². The fourth-order valence-electron chi connectivity index (χ4n) is 4.56. The van der Waals surface area contributed by atoms with Crippen molar-refractivity contribution in [3.05, 3.63) is 65.7 Å². The van der Waals surface area contributed by atoms with Crippen molar-refractivity contribution < 1.29 is 9.33 Å². The van der Waals surface area contributed by atoms with Gasteiger partial charge in [-0.15, -0.1) is 5.06 Å². The summed E-state index contributed by atoms with van der Waals surface area (Å²) in [5.41, 5.74) is 10.3. The molecule has 0 saturated carbocycles. The summed E-state index contributed by atoms with van der Waals surface area (Å²) in [5.74, 6) is 0.0395. The molecule has 2 fully saturated rings. The van der Waals surface area contributed by atoms with Crippen molar-refractivity contribution in [2.24, 2.45) is 11.7 Å². The van der Waals surface area contributed by atoms with Gasteiger partial charge in [-0.1, -0.05) is 0 Å². The standard InChI is InChI=1S/C21H24FN5O/c1-13(23)12-26-18-7-6-17-19(14-8-10-24-11-9-14)20(27(28-26)21(17)25-18)15-2-4-16(22)5-3-15/h2-5,8-11,13,17-18,21,25H,6-7,12,23H2,1H3/t13-,17?,18?,21?/m1/s1. The highest BCUT2D eigenvalue weighted by molar-refractivity contribution is 5.93. The van der Waals surface area contributed by atoms with Crippen LogP contribution >= 0.6 is 0 Å². The smallest absolute Gasteiger partial charge is 0.123 e. The average Bonchev–Trinajstić information content (AvgIpc) is 3.05. The van der Waals surface area contributed by atoms with E-state index in [1.165, 1.54) is 17.7 Å². The molecule has 0 aliphatic carbocycles. The number of halogens is 1. The van der Waals surface area contributed by atoms with Crippen LogP contribution in [0.3, 0.4) is 0 Å². The molecule has 6 nitrogen and oxygen atoms in total. The van der Waals surface area contributed by atoms with E-state index in [0.29, 0.717) is 6.54 Å². The lowest BCUT2D eigenvalue weighted by molar-refractivity contribution is -0.373. The lowest BCUT2D eigenvalue weighted by Gasteiger charge is -2.49. The second kappa shape index (κ2) is 6.93. The maximum Gasteiger partial charge on any atom is 0.123 e. The Hall–Kier alpha value is -2.32. The molecule has 5 rings (SSSR count). The molecule has 2 aromatic rings. The number of benzene rings is 1. The van der Waals surface area contributed by atoms with Crippen molar-refractivity contribution in [2.75, 3.05) is 6.54 Å². The van der Waals surface area contributed by atoms with E-state index in [4.69, 9.17) is 10.7 Å². The number of hydroxylamine groups is 4. The summed E-state index contributed by atoms with van der Waals surface area (Å²) in [7, 11) is 0. The summed E-state index contributed by atoms with van der Waals surface area (Å²) in [6.07, 6.45) is 5.84. The Morgan fingerprint density at radius 1 is 1.18 bits per heavy atom. The summed E-state index contributed by atoms with van der Waals surface area (Å²) < 4.78 is 13.6. The number of nitrogens with two attached hydrogens (primary N) is 1. The van der Waals surface area contributed by atoms with Crippen molar-refractivity contribution in [1.29, 1.82) is 0 Å². The molecule has 3 unspecified atom stereocenters. The summed E-state index contributed by atoms with van der Waals surface area (Å²) in [6.45, 7) is 2.61. The molecule has 7 heteroatoms. The second-order valence-electron chi connectivity index (χ2n) is 7.80. The quantitative estimate of drug-likeness (QED) is 0.849. The van der Waals surface area contributed by atoms with E-state index in [1.54, 1.807) is 0 Å². The minimum Gasteiger partial charge on any atom is -0.327 e. The average molecular weight is 381 g/mol. The third-order valence-electron chi connectivity index (χ3n) is 5.71. The zero-order valence-corrected chi connectivity index (χ0v) is 15.8. The molecule has 4 heterocycles. The fourth-order valence-corrected chi connectivity index (χ4v) is 4.56. The van der Waals surface area contributed by atoms with Gasteiger partial charge in [0, 0.05) is 36.5 Å². The summed E-state index contributed by atoms with van der Waals surface area (Å²) >= 11 is 0. The monoisotopic (exact) mass is 381 g/mol. The molecular weight excluding hydrogens is 357 g/mol. The molecule has 3 aliphatic heterocycles. The lowest BCUT2D eigenvalue weighted by atomic mass is 9.85. The van der Waals surface area contributed by atoms with Crippen LogP contribution in [0.25, 0.3) is 11.3 Å². The minimum absolute atomic E-state index is 0.00315. The third kappa shape index (κ3) is 2.91. The van der Waals surface area contributed by atoms with Crippen molar-refractivity contribution in [2.45, 2.75) is 38.1 Å². The van der Waals surface area contributed by atoms with Crippen molar-refractivity contribution in [3.63, 3.8) is 0 Å². The normalized spacial score (nSPS) is 28.0. The van der Waals surface area contributed by atoms with Gasteiger partial charge in [-0.05, 0) is 67.3 Å². The first-order valence-electron chi connectivity index (χ1n) is 9.78. The Bertz CT molecular complexity index is 885. The molecule has 0 spiro atoms. The SMILES string of the molecule is C[C@@H](N)CN1ON2C(c3ccc(F)cc3)=C(c3ccncc3)C3CCC1NC32. The number of hydrogen-bond donors (Lipinski definition) is 2. The number of aromatic nitrogens is 1. The van der Waals surface area contributed by atoms with Crippen molar-refractivity contribution in [1.82, 2.24) is 20.4 Å². The predicted octanol–water partition coefficient (Wildman–Crippen LogP) is 2.57. The van der Waals surface area contributed by atoms with Gasteiger partial charge in [0.1, 0.15) is 12.0 Å². The van der Waals surface area contributed by atoms with E-state index in [9.17, 15) is 4.39 Å². The van der Waals surface area contributed by atoms with Gasteiger partial charge in [0.05, 0.1) is 11.9 Å². The first-order valence-corrected chi connectivity index (χ1v) is 9.78. The Morgan fingerprint density at radius 3 is 2.64 bits per heavy atom. The van der Waals surface area contributed by atoms with E-state index >= 15 is 0 Å². The molecule has 28 heavy (non-hydrogen) atoms. The predicted molar refractivity (Wildman–Crippen MR) is 104 cm³/mol. The van der Waals surface area contributed by atoms with Crippen molar-refractivity contribution >= 4 is 11.3 Å². The molecule has 2 bridgehead atoms. The first kappa shape index (κ1) is 17.8. The minimum atomic E-state index is -0.249. The van der Waals surface area contributed by atoms with Gasteiger partial charge in [0.25, 0.3) is 0 Å². The maximum absolute atomic E-state index is 13.6. The highest BCUT2D eigenvalue weighted by Gasteiger charge is 2.51.